The zero-order valence-corrected chi connectivity index (χ0v) is 19.5. The standard InChI is InChI=1S/C27H27N3O5/c1-34-21-9-7-19(8-10-21)26(32)29-14-18-13-20(16-29)24-12-11-23(27(33)30(24)15-18)28-25(31)17-35-22-5-3-2-4-6-22/h2-12,18,20H,13-17H2,1H3,(H,28,31)/t18-,20-/m1/s1. The van der Waals surface area contributed by atoms with Crippen molar-refractivity contribution in [2.24, 2.45) is 5.92 Å². The van der Waals surface area contributed by atoms with Crippen LogP contribution in [0.3, 0.4) is 0 Å². The number of carbonyl (C=O) groups excluding carboxylic acids is 2. The molecule has 35 heavy (non-hydrogen) atoms. The fourth-order valence-corrected chi connectivity index (χ4v) is 4.97. The molecule has 1 saturated heterocycles. The van der Waals surface area contributed by atoms with E-state index in [1.54, 1.807) is 54.1 Å². The van der Waals surface area contributed by atoms with Gasteiger partial charge in [0.05, 0.1) is 7.11 Å². The smallest absolute Gasteiger partial charge is 0.274 e. The molecule has 8 heteroatoms. The largest absolute Gasteiger partial charge is 0.497 e. The molecule has 2 atom stereocenters. The van der Waals surface area contributed by atoms with Crippen molar-refractivity contribution in [1.29, 1.82) is 0 Å². The maximum Gasteiger partial charge on any atom is 0.274 e. The Morgan fingerprint density at radius 1 is 0.943 bits per heavy atom. The highest BCUT2D eigenvalue weighted by molar-refractivity contribution is 5.94. The molecule has 2 aliphatic rings. The van der Waals surface area contributed by atoms with Gasteiger partial charge in [0.2, 0.25) is 0 Å². The molecule has 5 rings (SSSR count). The summed E-state index contributed by atoms with van der Waals surface area (Å²) >= 11 is 0. The molecule has 8 nitrogen and oxygen atoms in total. The third-order valence-electron chi connectivity index (χ3n) is 6.62. The van der Waals surface area contributed by atoms with Crippen molar-refractivity contribution in [3.63, 3.8) is 0 Å². The van der Waals surface area contributed by atoms with Crippen molar-refractivity contribution in [2.45, 2.75) is 18.9 Å². The number of hydrogen-bond donors (Lipinski definition) is 1. The lowest BCUT2D eigenvalue weighted by atomic mass is 9.83. The Morgan fingerprint density at radius 3 is 2.46 bits per heavy atom. The first-order valence-electron chi connectivity index (χ1n) is 11.7. The molecule has 2 amide bonds. The third kappa shape index (κ3) is 4.77. The molecule has 3 heterocycles. The fourth-order valence-electron chi connectivity index (χ4n) is 4.97. The number of methoxy groups -OCH3 is 1. The van der Waals surface area contributed by atoms with Gasteiger partial charge in [-0.15, -0.1) is 0 Å². The quantitative estimate of drug-likeness (QED) is 0.594. The van der Waals surface area contributed by atoms with E-state index >= 15 is 0 Å². The summed E-state index contributed by atoms with van der Waals surface area (Å²) in [5, 5.41) is 2.68. The normalized spacial score (nSPS) is 18.4. The van der Waals surface area contributed by atoms with Gasteiger partial charge in [-0.25, -0.2) is 0 Å². The van der Waals surface area contributed by atoms with E-state index in [0.717, 1.165) is 12.1 Å². The highest BCUT2D eigenvalue weighted by Crippen LogP contribution is 2.36. The molecule has 1 N–H and O–H groups in total. The number of amides is 2. The van der Waals surface area contributed by atoms with E-state index in [9.17, 15) is 14.4 Å². The van der Waals surface area contributed by atoms with Gasteiger partial charge in [0.25, 0.3) is 17.4 Å². The van der Waals surface area contributed by atoms with Crippen LogP contribution in [0, 0.1) is 5.92 Å². The van der Waals surface area contributed by atoms with Crippen LogP contribution >= 0.6 is 0 Å². The third-order valence-corrected chi connectivity index (χ3v) is 6.62. The highest BCUT2D eigenvalue weighted by Gasteiger charge is 2.37. The number of likely N-dealkylation sites (tertiary alicyclic amines) is 1. The number of carbonyl (C=O) groups is 2. The average Bonchev–Trinajstić information content (AvgIpc) is 2.89. The molecule has 0 spiro atoms. The SMILES string of the molecule is COc1ccc(C(=O)N2C[C@H]3C[C@H](C2)c2ccc(NC(=O)COc4ccccc4)c(=O)n2C3)cc1. The minimum absolute atomic E-state index is 0.0135. The molecule has 0 aliphatic carbocycles. The van der Waals surface area contributed by atoms with Crippen molar-refractivity contribution in [3.05, 3.63) is 88.3 Å². The van der Waals surface area contributed by atoms with Crippen LogP contribution in [0.1, 0.15) is 28.4 Å². The molecule has 0 unspecified atom stereocenters. The summed E-state index contributed by atoms with van der Waals surface area (Å²) in [6, 6.07) is 19.7. The van der Waals surface area contributed by atoms with Gasteiger partial charge >= 0.3 is 0 Å². The Hall–Kier alpha value is -4.07. The van der Waals surface area contributed by atoms with Crippen LogP contribution in [0.15, 0.2) is 71.5 Å². The Balaban J connectivity index is 1.28. The van der Waals surface area contributed by atoms with Crippen LogP contribution < -0.4 is 20.3 Å². The molecule has 2 aliphatic heterocycles. The Kier molecular flexibility index (Phi) is 6.27. The van der Waals surface area contributed by atoms with Crippen LogP contribution in [0.2, 0.25) is 0 Å². The lowest BCUT2D eigenvalue weighted by Crippen LogP contribution is -2.49. The van der Waals surface area contributed by atoms with Gasteiger partial charge in [-0.3, -0.25) is 14.4 Å². The number of pyridine rings is 1. The molecule has 0 radical (unpaired) electrons. The highest BCUT2D eigenvalue weighted by atomic mass is 16.5. The summed E-state index contributed by atoms with van der Waals surface area (Å²) in [6.45, 7) is 1.48. The Morgan fingerprint density at radius 2 is 1.71 bits per heavy atom. The molecule has 1 aromatic heterocycles. The van der Waals surface area contributed by atoms with Crippen LogP contribution in [0.25, 0.3) is 0 Å². The van der Waals surface area contributed by atoms with E-state index in [2.05, 4.69) is 5.32 Å². The number of nitrogens with one attached hydrogen (secondary N) is 1. The van der Waals surface area contributed by atoms with Crippen molar-refractivity contribution >= 4 is 17.5 Å². The number of fused-ring (bicyclic) bond motifs is 4. The predicted octanol–water partition coefficient (Wildman–Crippen LogP) is 3.13. The Labute approximate surface area is 203 Å². The van der Waals surface area contributed by atoms with Crippen LogP contribution in [-0.4, -0.2) is 48.1 Å². The molecule has 0 saturated carbocycles. The molecule has 3 aromatic rings. The van der Waals surface area contributed by atoms with Gasteiger partial charge in [0.1, 0.15) is 17.2 Å². The van der Waals surface area contributed by atoms with Crippen molar-refractivity contribution in [1.82, 2.24) is 9.47 Å². The average molecular weight is 474 g/mol. The molecular weight excluding hydrogens is 446 g/mol. The van der Waals surface area contributed by atoms with Gasteiger partial charge in [0.15, 0.2) is 6.61 Å². The molecule has 2 aromatic carbocycles. The monoisotopic (exact) mass is 473 g/mol. The summed E-state index contributed by atoms with van der Waals surface area (Å²) in [5.41, 5.74) is 1.54. The number of ether oxygens (including phenoxy) is 2. The predicted molar refractivity (Wildman–Crippen MR) is 131 cm³/mol. The lowest BCUT2D eigenvalue weighted by molar-refractivity contribution is -0.118. The second-order valence-corrected chi connectivity index (χ2v) is 8.97. The molecule has 2 bridgehead atoms. The first kappa shape index (κ1) is 22.7. The second kappa shape index (κ2) is 9.66. The summed E-state index contributed by atoms with van der Waals surface area (Å²) in [6.07, 6.45) is 0.933. The first-order valence-corrected chi connectivity index (χ1v) is 11.7. The van der Waals surface area contributed by atoms with E-state index in [1.807, 2.05) is 29.2 Å². The van der Waals surface area contributed by atoms with Gasteiger partial charge in [0, 0.05) is 36.8 Å². The zero-order valence-electron chi connectivity index (χ0n) is 19.5. The first-order chi connectivity index (χ1) is 17.0. The second-order valence-electron chi connectivity index (χ2n) is 8.97. The van der Waals surface area contributed by atoms with E-state index in [0.29, 0.717) is 36.7 Å². The van der Waals surface area contributed by atoms with E-state index < -0.39 is 5.91 Å². The number of benzene rings is 2. The molecule has 1 fully saturated rings. The van der Waals surface area contributed by atoms with Gasteiger partial charge < -0.3 is 24.3 Å². The maximum atomic E-state index is 13.2. The minimum Gasteiger partial charge on any atom is -0.497 e. The number of hydrogen-bond acceptors (Lipinski definition) is 5. The summed E-state index contributed by atoms with van der Waals surface area (Å²) in [7, 11) is 1.59. The number of nitrogens with zero attached hydrogens (tertiary/aromatic N) is 2. The van der Waals surface area contributed by atoms with E-state index in [4.69, 9.17) is 9.47 Å². The number of anilines is 1. The van der Waals surface area contributed by atoms with Gasteiger partial charge in [-0.1, -0.05) is 18.2 Å². The van der Waals surface area contributed by atoms with E-state index in [1.165, 1.54) is 0 Å². The molecule has 180 valence electrons. The summed E-state index contributed by atoms with van der Waals surface area (Å²) < 4.78 is 12.4. The number of piperidine rings is 1. The van der Waals surface area contributed by atoms with Crippen molar-refractivity contribution in [3.8, 4) is 11.5 Å². The van der Waals surface area contributed by atoms with Crippen LogP contribution in [0.4, 0.5) is 5.69 Å². The summed E-state index contributed by atoms with van der Waals surface area (Å²) in [5.74, 6) is 1.14. The van der Waals surface area contributed by atoms with E-state index in [-0.39, 0.29) is 35.6 Å². The number of aromatic nitrogens is 1. The minimum atomic E-state index is -0.390. The fraction of sp³-hybridized carbons (Fsp3) is 0.296. The van der Waals surface area contributed by atoms with Crippen LogP contribution in [0.5, 0.6) is 11.5 Å². The summed E-state index contributed by atoms with van der Waals surface area (Å²) in [4.78, 5) is 40.5. The maximum absolute atomic E-state index is 13.2. The van der Waals surface area contributed by atoms with Gasteiger partial charge in [-0.2, -0.15) is 0 Å². The Bertz CT molecular complexity index is 1290. The number of rotatable bonds is 6. The molecular formula is C27H27N3O5. The topological polar surface area (TPSA) is 89.9 Å². The number of para-hydroxylation sites is 1. The van der Waals surface area contributed by atoms with Crippen molar-refractivity contribution < 1.29 is 19.1 Å². The zero-order chi connectivity index (χ0) is 24.4. The van der Waals surface area contributed by atoms with Crippen LogP contribution in [-0.2, 0) is 11.3 Å². The lowest BCUT2D eigenvalue weighted by Gasteiger charge is -2.43. The van der Waals surface area contributed by atoms with Crippen molar-refractivity contribution in [2.75, 3.05) is 32.1 Å². The van der Waals surface area contributed by atoms with Gasteiger partial charge in [-0.05, 0) is 60.9 Å².